The van der Waals surface area contributed by atoms with Gasteiger partial charge in [0.2, 0.25) is 5.82 Å². The minimum Gasteiger partial charge on any atom is -0.496 e. The van der Waals surface area contributed by atoms with Gasteiger partial charge in [-0.15, -0.1) is 0 Å². The molecule has 0 aliphatic carbocycles. The second kappa shape index (κ2) is 11.7. The predicted molar refractivity (Wildman–Crippen MR) is 167 cm³/mol. The summed E-state index contributed by atoms with van der Waals surface area (Å²) < 4.78 is 25.4. The van der Waals surface area contributed by atoms with E-state index in [1.54, 1.807) is 56.7 Å². The molecule has 8 nitrogen and oxygen atoms in total. The topological polar surface area (TPSA) is 88.1 Å². The van der Waals surface area contributed by atoms with Crippen LogP contribution in [-0.4, -0.2) is 30.1 Å². The summed E-state index contributed by atoms with van der Waals surface area (Å²) in [5.41, 5.74) is 2.26. The number of hydrogen-bond donors (Lipinski definition) is 0. The Morgan fingerprint density at radius 2 is 1.74 bits per heavy atom. The molecule has 0 aliphatic heterocycles. The Morgan fingerprint density at radius 3 is 2.52 bits per heavy atom. The molecule has 42 heavy (non-hydrogen) atoms. The van der Waals surface area contributed by atoms with Crippen molar-refractivity contribution in [3.8, 4) is 28.8 Å². The van der Waals surface area contributed by atoms with Crippen LogP contribution >= 0.6 is 27.5 Å². The zero-order valence-electron chi connectivity index (χ0n) is 22.5. The maximum absolute atomic E-state index is 13.8. The third-order valence-corrected chi connectivity index (χ3v) is 7.30. The van der Waals surface area contributed by atoms with E-state index < -0.39 is 0 Å². The minimum absolute atomic E-state index is 0.235. The first-order valence-electron chi connectivity index (χ1n) is 12.8. The molecule has 0 amide bonds. The van der Waals surface area contributed by atoms with Crippen LogP contribution in [0.25, 0.3) is 33.5 Å². The lowest BCUT2D eigenvalue weighted by Gasteiger charge is -2.14. The molecule has 4 aromatic carbocycles. The molecule has 0 saturated heterocycles. The maximum atomic E-state index is 13.8. The van der Waals surface area contributed by atoms with Gasteiger partial charge in [-0.2, -0.15) is 9.78 Å². The predicted octanol–water partition coefficient (Wildman–Crippen LogP) is 7.70. The normalized spacial score (nSPS) is 11.4. The van der Waals surface area contributed by atoms with Crippen molar-refractivity contribution in [3.63, 3.8) is 0 Å². The SMILES string of the molecule is COc1cc(Br)cc(C=Nn2c(-c3cc4c(OC)cccc4o3)nc3ccccc3c2=O)c1OCc1ccc(Cl)cc1. The summed E-state index contributed by atoms with van der Waals surface area (Å²) >= 11 is 9.56. The van der Waals surface area contributed by atoms with Crippen LogP contribution < -0.4 is 19.8 Å². The standard InChI is InChI=1S/C32H23BrClN3O5/c1-39-26-8-5-9-27-24(26)16-29(42-27)31-36-25-7-4-3-6-23(25)32(38)37(31)35-17-20-14-21(33)15-28(40-2)30(20)41-18-19-10-12-22(34)13-11-19/h3-17H,18H2,1-2H3. The first-order chi connectivity index (χ1) is 20.4. The Bertz CT molecular complexity index is 2020. The maximum Gasteiger partial charge on any atom is 0.282 e. The van der Waals surface area contributed by atoms with Crippen LogP contribution in [0.3, 0.4) is 0 Å². The number of ether oxygens (including phenoxy) is 3. The molecule has 0 unspecified atom stereocenters. The molecule has 0 spiro atoms. The molecule has 2 heterocycles. The van der Waals surface area contributed by atoms with Crippen LogP contribution in [0.5, 0.6) is 17.2 Å². The van der Waals surface area contributed by atoms with Crippen molar-refractivity contribution in [2.75, 3.05) is 14.2 Å². The van der Waals surface area contributed by atoms with Crippen LogP contribution in [0.1, 0.15) is 11.1 Å². The molecule has 0 aliphatic rings. The van der Waals surface area contributed by atoms with Gasteiger partial charge in [0, 0.05) is 15.1 Å². The number of fused-ring (bicyclic) bond motifs is 2. The van der Waals surface area contributed by atoms with Crippen molar-refractivity contribution in [2.45, 2.75) is 6.61 Å². The third-order valence-electron chi connectivity index (χ3n) is 6.59. The van der Waals surface area contributed by atoms with E-state index in [0.717, 1.165) is 15.4 Å². The van der Waals surface area contributed by atoms with Gasteiger partial charge in [-0.25, -0.2) is 4.98 Å². The monoisotopic (exact) mass is 643 g/mol. The lowest BCUT2D eigenvalue weighted by atomic mass is 10.2. The second-order valence-corrected chi connectivity index (χ2v) is 10.6. The van der Waals surface area contributed by atoms with Crippen molar-refractivity contribution in [1.82, 2.24) is 9.66 Å². The number of para-hydroxylation sites is 1. The molecule has 10 heteroatoms. The fraction of sp³-hybridized carbons (Fsp3) is 0.0938. The van der Waals surface area contributed by atoms with E-state index in [-0.39, 0.29) is 18.0 Å². The zero-order valence-corrected chi connectivity index (χ0v) is 24.8. The molecule has 0 saturated carbocycles. The van der Waals surface area contributed by atoms with Gasteiger partial charge < -0.3 is 18.6 Å². The van der Waals surface area contributed by atoms with E-state index in [1.165, 1.54) is 10.9 Å². The van der Waals surface area contributed by atoms with Crippen molar-refractivity contribution >= 4 is 55.6 Å². The number of furan rings is 1. The number of hydrogen-bond acceptors (Lipinski definition) is 7. The molecule has 0 fully saturated rings. The Morgan fingerprint density at radius 1 is 0.952 bits per heavy atom. The van der Waals surface area contributed by atoms with Crippen molar-refractivity contribution in [1.29, 1.82) is 0 Å². The molecule has 0 atom stereocenters. The van der Waals surface area contributed by atoms with Gasteiger partial charge in [0.05, 0.1) is 36.7 Å². The molecule has 0 bridgehead atoms. The first kappa shape index (κ1) is 27.6. The van der Waals surface area contributed by atoms with Gasteiger partial charge in [-0.3, -0.25) is 4.79 Å². The summed E-state index contributed by atoms with van der Waals surface area (Å²) in [4.78, 5) is 18.5. The van der Waals surface area contributed by atoms with E-state index in [9.17, 15) is 4.79 Å². The van der Waals surface area contributed by atoms with Gasteiger partial charge in [0.15, 0.2) is 17.3 Å². The van der Waals surface area contributed by atoms with Crippen LogP contribution in [0, 0.1) is 0 Å². The Kier molecular flexibility index (Phi) is 7.69. The quantitative estimate of drug-likeness (QED) is 0.158. The molecule has 6 aromatic rings. The van der Waals surface area contributed by atoms with Crippen LogP contribution in [-0.2, 0) is 6.61 Å². The van der Waals surface area contributed by atoms with E-state index in [2.05, 4.69) is 21.0 Å². The number of halogens is 2. The highest BCUT2D eigenvalue weighted by Gasteiger charge is 2.19. The van der Waals surface area contributed by atoms with Gasteiger partial charge in [0.1, 0.15) is 17.9 Å². The average molecular weight is 645 g/mol. The van der Waals surface area contributed by atoms with Crippen LogP contribution in [0.15, 0.2) is 104 Å². The molecular formula is C32H23BrClN3O5. The Balaban J connectivity index is 1.48. The summed E-state index contributed by atoms with van der Waals surface area (Å²) in [6.07, 6.45) is 1.54. The number of methoxy groups -OCH3 is 2. The van der Waals surface area contributed by atoms with Crippen molar-refractivity contribution in [3.05, 3.63) is 116 Å². The average Bonchev–Trinajstić information content (AvgIpc) is 3.45. The smallest absolute Gasteiger partial charge is 0.282 e. The summed E-state index contributed by atoms with van der Waals surface area (Å²) in [5.74, 6) is 2.19. The van der Waals surface area contributed by atoms with Gasteiger partial charge in [-0.05, 0) is 60.2 Å². The number of nitrogens with zero attached hydrogens (tertiary/aromatic N) is 3. The lowest BCUT2D eigenvalue weighted by Crippen LogP contribution is -2.20. The van der Waals surface area contributed by atoms with Gasteiger partial charge in [0.25, 0.3) is 5.56 Å². The fourth-order valence-corrected chi connectivity index (χ4v) is 5.14. The van der Waals surface area contributed by atoms with Crippen molar-refractivity contribution < 1.29 is 18.6 Å². The molecular weight excluding hydrogens is 622 g/mol. The third kappa shape index (κ3) is 5.36. The molecule has 2 aromatic heterocycles. The summed E-state index contributed by atoms with van der Waals surface area (Å²) in [7, 11) is 3.15. The van der Waals surface area contributed by atoms with Crippen LogP contribution in [0.2, 0.25) is 5.02 Å². The molecule has 6 rings (SSSR count). The summed E-state index contributed by atoms with van der Waals surface area (Å²) in [6, 6.07) is 25.4. The highest BCUT2D eigenvalue weighted by atomic mass is 79.9. The second-order valence-electron chi connectivity index (χ2n) is 9.24. The van der Waals surface area contributed by atoms with Gasteiger partial charge in [-0.1, -0.05) is 57.9 Å². The number of benzene rings is 4. The van der Waals surface area contributed by atoms with E-state index in [1.807, 2.05) is 42.5 Å². The van der Waals surface area contributed by atoms with E-state index in [0.29, 0.717) is 50.1 Å². The summed E-state index contributed by atoms with van der Waals surface area (Å²) in [6.45, 7) is 0.263. The molecule has 0 N–H and O–H groups in total. The fourth-order valence-electron chi connectivity index (χ4n) is 4.56. The van der Waals surface area contributed by atoms with Crippen LogP contribution in [0.4, 0.5) is 0 Å². The molecule has 0 radical (unpaired) electrons. The number of aromatic nitrogens is 2. The lowest BCUT2D eigenvalue weighted by molar-refractivity contribution is 0.284. The highest BCUT2D eigenvalue weighted by Crippen LogP contribution is 2.36. The van der Waals surface area contributed by atoms with E-state index >= 15 is 0 Å². The summed E-state index contributed by atoms with van der Waals surface area (Å²) in [5, 5.41) is 6.42. The minimum atomic E-state index is -0.357. The number of rotatable bonds is 8. The Hall–Kier alpha value is -4.60. The highest BCUT2D eigenvalue weighted by molar-refractivity contribution is 9.10. The Labute approximate surface area is 253 Å². The zero-order chi connectivity index (χ0) is 29.2. The van der Waals surface area contributed by atoms with E-state index in [4.69, 9.17) is 35.2 Å². The first-order valence-corrected chi connectivity index (χ1v) is 14.0. The van der Waals surface area contributed by atoms with Crippen molar-refractivity contribution in [2.24, 2.45) is 5.10 Å². The molecule has 210 valence electrons. The largest absolute Gasteiger partial charge is 0.496 e. The van der Waals surface area contributed by atoms with Gasteiger partial charge >= 0.3 is 0 Å².